The molecule has 12 heteroatoms. The Morgan fingerprint density at radius 2 is 2.08 bits per heavy atom. The minimum atomic E-state index is -0.664. The zero-order valence-electron chi connectivity index (χ0n) is 21.2. The molecule has 10 nitrogen and oxygen atoms in total. The predicted molar refractivity (Wildman–Crippen MR) is 143 cm³/mol. The number of aromatic nitrogens is 4. The lowest BCUT2D eigenvalue weighted by Gasteiger charge is -2.28. The molecule has 200 valence electrons. The number of imidazole rings is 1. The van der Waals surface area contributed by atoms with Crippen LogP contribution in [0, 0.1) is 5.82 Å². The summed E-state index contributed by atoms with van der Waals surface area (Å²) in [4.78, 5) is 15.8. The van der Waals surface area contributed by atoms with Crippen molar-refractivity contribution in [3.05, 3.63) is 29.2 Å². The highest BCUT2D eigenvalue weighted by Gasteiger charge is 2.25. The Bertz CT molecular complexity index is 1230. The van der Waals surface area contributed by atoms with Gasteiger partial charge >= 0.3 is 0 Å². The van der Waals surface area contributed by atoms with Crippen molar-refractivity contribution < 1.29 is 14.2 Å². The maximum absolute atomic E-state index is 15.4. The molecule has 2 atom stereocenters. The number of aliphatic hydroxyl groups excluding tert-OH is 1. The molecule has 4 N–H and O–H groups in total. The van der Waals surface area contributed by atoms with Gasteiger partial charge in [-0.15, -0.1) is 0 Å². The highest BCUT2D eigenvalue weighted by molar-refractivity contribution is 6.33. The number of benzene rings is 1. The molecule has 0 amide bonds. The SMILES string of the molecule is CC(C)n1c(NCCN2CCNCC2)nc2c(F)cc(-c3nc(N[C@@H]4CCOC[C@H]4O)ncc3Cl)cc21. The zero-order valence-corrected chi connectivity index (χ0v) is 21.9. The average molecular weight is 533 g/mol. The van der Waals surface area contributed by atoms with Crippen LogP contribution in [-0.4, -0.2) is 94.2 Å². The Balaban J connectivity index is 1.43. The van der Waals surface area contributed by atoms with E-state index >= 15 is 4.39 Å². The van der Waals surface area contributed by atoms with Crippen LogP contribution in [0.25, 0.3) is 22.3 Å². The van der Waals surface area contributed by atoms with Crippen LogP contribution in [0.4, 0.5) is 16.3 Å². The molecule has 0 aliphatic carbocycles. The van der Waals surface area contributed by atoms with E-state index in [9.17, 15) is 5.11 Å². The molecule has 37 heavy (non-hydrogen) atoms. The maximum atomic E-state index is 15.4. The summed E-state index contributed by atoms with van der Waals surface area (Å²) in [5.41, 5.74) is 1.91. The van der Waals surface area contributed by atoms with Crippen LogP contribution in [-0.2, 0) is 4.74 Å². The van der Waals surface area contributed by atoms with Crippen molar-refractivity contribution in [1.29, 1.82) is 0 Å². The number of halogens is 2. The summed E-state index contributed by atoms with van der Waals surface area (Å²) in [7, 11) is 0. The third-order valence-corrected chi connectivity index (χ3v) is 7.12. The van der Waals surface area contributed by atoms with Gasteiger partial charge in [0.25, 0.3) is 0 Å². The van der Waals surface area contributed by atoms with Crippen molar-refractivity contribution in [2.24, 2.45) is 0 Å². The summed E-state index contributed by atoms with van der Waals surface area (Å²) in [6.07, 6.45) is 1.45. The van der Waals surface area contributed by atoms with Crippen molar-refractivity contribution in [3.8, 4) is 11.3 Å². The number of nitrogens with one attached hydrogen (secondary N) is 3. The molecular weight excluding hydrogens is 499 g/mol. The van der Waals surface area contributed by atoms with E-state index in [1.807, 2.05) is 24.5 Å². The van der Waals surface area contributed by atoms with E-state index in [4.69, 9.17) is 16.3 Å². The first kappa shape index (κ1) is 26.1. The summed E-state index contributed by atoms with van der Waals surface area (Å²) in [5, 5.41) is 20.5. The van der Waals surface area contributed by atoms with E-state index in [1.165, 1.54) is 12.3 Å². The molecule has 5 rings (SSSR count). The minimum Gasteiger partial charge on any atom is -0.389 e. The van der Waals surface area contributed by atoms with E-state index in [-0.39, 0.29) is 18.7 Å². The van der Waals surface area contributed by atoms with Gasteiger partial charge in [-0.3, -0.25) is 4.90 Å². The summed E-state index contributed by atoms with van der Waals surface area (Å²) in [5.74, 6) is 0.514. The maximum Gasteiger partial charge on any atom is 0.223 e. The van der Waals surface area contributed by atoms with Gasteiger partial charge in [-0.2, -0.15) is 0 Å². The topological polar surface area (TPSA) is 112 Å². The van der Waals surface area contributed by atoms with Crippen molar-refractivity contribution in [2.45, 2.75) is 38.5 Å². The zero-order chi connectivity index (χ0) is 25.9. The third kappa shape index (κ3) is 5.80. The number of fused-ring (bicyclic) bond motifs is 1. The number of ether oxygens (including phenoxy) is 1. The van der Waals surface area contributed by atoms with Crippen molar-refractivity contribution in [3.63, 3.8) is 0 Å². The highest BCUT2D eigenvalue weighted by atomic mass is 35.5. The van der Waals surface area contributed by atoms with Gasteiger partial charge in [-0.05, 0) is 32.4 Å². The number of rotatable bonds is 8. The van der Waals surface area contributed by atoms with Crippen molar-refractivity contribution in [2.75, 3.05) is 63.1 Å². The lowest BCUT2D eigenvalue weighted by Crippen LogP contribution is -2.45. The molecule has 1 aromatic carbocycles. The van der Waals surface area contributed by atoms with E-state index in [0.29, 0.717) is 52.2 Å². The number of aliphatic hydroxyl groups is 1. The first-order chi connectivity index (χ1) is 17.9. The molecule has 3 aromatic rings. The second-order valence-corrected chi connectivity index (χ2v) is 10.2. The lowest BCUT2D eigenvalue weighted by atomic mass is 10.1. The Labute approximate surface area is 220 Å². The first-order valence-corrected chi connectivity index (χ1v) is 13.2. The van der Waals surface area contributed by atoms with Gasteiger partial charge in [0.2, 0.25) is 11.9 Å². The quantitative estimate of drug-likeness (QED) is 0.348. The monoisotopic (exact) mass is 532 g/mol. The van der Waals surface area contributed by atoms with Crippen molar-refractivity contribution in [1.82, 2.24) is 29.7 Å². The summed E-state index contributed by atoms with van der Waals surface area (Å²) < 4.78 is 22.7. The van der Waals surface area contributed by atoms with E-state index in [1.54, 1.807) is 0 Å². The molecule has 2 aromatic heterocycles. The van der Waals surface area contributed by atoms with E-state index in [2.05, 4.69) is 35.8 Å². The fourth-order valence-corrected chi connectivity index (χ4v) is 5.09. The number of piperazine rings is 1. The molecule has 4 heterocycles. The number of anilines is 2. The van der Waals surface area contributed by atoms with E-state index in [0.717, 1.165) is 39.3 Å². The number of nitrogens with zero attached hydrogens (tertiary/aromatic N) is 5. The standard InChI is InChI=1S/C25H34ClFN8O2/c1-15(2)35-20-12-16(22-17(26)13-30-24(32-22)31-19-3-10-37-14-21(19)36)11-18(27)23(20)33-25(35)29-6-9-34-7-4-28-5-8-34/h11-13,15,19,21,28,36H,3-10,14H2,1-2H3,(H,29,33)(H,30,31,32)/t19-,21-/m1/s1. The van der Waals surface area contributed by atoms with Gasteiger partial charge < -0.3 is 30.4 Å². The van der Waals surface area contributed by atoms with Gasteiger partial charge in [-0.25, -0.2) is 19.3 Å². The second-order valence-electron chi connectivity index (χ2n) is 9.82. The Hall–Kier alpha value is -2.57. The second kappa shape index (κ2) is 11.4. The normalized spacial score (nSPS) is 21.0. The van der Waals surface area contributed by atoms with Gasteiger partial charge in [0.05, 0.1) is 41.2 Å². The van der Waals surface area contributed by atoms with Gasteiger partial charge in [0, 0.05) is 57.5 Å². The van der Waals surface area contributed by atoms with Crippen molar-refractivity contribution >= 4 is 34.5 Å². The molecule has 0 unspecified atom stereocenters. The molecule has 0 spiro atoms. The van der Waals surface area contributed by atoms with E-state index < -0.39 is 11.9 Å². The lowest BCUT2D eigenvalue weighted by molar-refractivity contribution is -0.0136. The van der Waals surface area contributed by atoms with Crippen LogP contribution >= 0.6 is 11.6 Å². The Morgan fingerprint density at radius 1 is 1.27 bits per heavy atom. The fourth-order valence-electron chi connectivity index (χ4n) is 4.89. The molecule has 0 radical (unpaired) electrons. The largest absolute Gasteiger partial charge is 0.389 e. The van der Waals surface area contributed by atoms with Crippen LogP contribution in [0.15, 0.2) is 18.3 Å². The number of hydrogen-bond acceptors (Lipinski definition) is 9. The molecule has 0 saturated carbocycles. The predicted octanol–water partition coefficient (Wildman–Crippen LogP) is 2.75. The fraction of sp³-hybridized carbons (Fsp3) is 0.560. The molecule has 2 fully saturated rings. The van der Waals surface area contributed by atoms with Crippen LogP contribution in [0.2, 0.25) is 5.02 Å². The van der Waals surface area contributed by atoms with Crippen LogP contribution < -0.4 is 16.0 Å². The van der Waals surface area contributed by atoms with Crippen LogP contribution in [0.5, 0.6) is 0 Å². The number of hydrogen-bond donors (Lipinski definition) is 4. The average Bonchev–Trinajstić information content (AvgIpc) is 3.26. The first-order valence-electron chi connectivity index (χ1n) is 12.8. The summed E-state index contributed by atoms with van der Waals surface area (Å²) >= 11 is 6.47. The smallest absolute Gasteiger partial charge is 0.223 e. The minimum absolute atomic E-state index is 0.0504. The van der Waals surface area contributed by atoms with Gasteiger partial charge in [0.15, 0.2) is 5.82 Å². The van der Waals surface area contributed by atoms with Gasteiger partial charge in [-0.1, -0.05) is 11.6 Å². The Morgan fingerprint density at radius 3 is 2.84 bits per heavy atom. The summed E-state index contributed by atoms with van der Waals surface area (Å²) in [6.45, 7) is 10.5. The van der Waals surface area contributed by atoms with Crippen LogP contribution in [0.3, 0.4) is 0 Å². The Kier molecular flexibility index (Phi) is 8.06. The summed E-state index contributed by atoms with van der Waals surface area (Å²) in [6, 6.07) is 3.09. The third-order valence-electron chi connectivity index (χ3n) is 6.84. The highest BCUT2D eigenvalue weighted by Crippen LogP contribution is 2.33. The molecule has 0 bridgehead atoms. The molecule has 2 aliphatic heterocycles. The van der Waals surface area contributed by atoms with Crippen LogP contribution in [0.1, 0.15) is 26.3 Å². The molecule has 2 saturated heterocycles. The molecule has 2 aliphatic rings. The van der Waals surface area contributed by atoms with Gasteiger partial charge in [0.1, 0.15) is 5.52 Å². The molecular formula is C25H34ClFN8O2.